The average molecular weight is 366 g/mol. The number of amides is 2. The van der Waals surface area contributed by atoms with Crippen LogP contribution in [0.1, 0.15) is 18.9 Å². The van der Waals surface area contributed by atoms with Crippen molar-refractivity contribution in [1.82, 2.24) is 5.32 Å². The fraction of sp³-hybridized carbons (Fsp3) is 0.238. The van der Waals surface area contributed by atoms with Gasteiger partial charge in [-0.05, 0) is 30.2 Å². The Morgan fingerprint density at radius 1 is 1.04 bits per heavy atom. The molecule has 27 heavy (non-hydrogen) atoms. The van der Waals surface area contributed by atoms with E-state index in [-0.39, 0.29) is 18.4 Å². The van der Waals surface area contributed by atoms with Crippen LogP contribution < -0.4 is 20.1 Å². The number of ether oxygens (including phenoxy) is 2. The van der Waals surface area contributed by atoms with E-state index in [0.717, 1.165) is 5.56 Å². The van der Waals surface area contributed by atoms with Crippen molar-refractivity contribution < 1.29 is 19.1 Å². The third-order valence-corrected chi connectivity index (χ3v) is 4.05. The van der Waals surface area contributed by atoms with Gasteiger partial charge in [-0.3, -0.25) is 9.59 Å². The van der Waals surface area contributed by atoms with Gasteiger partial charge in [-0.1, -0.05) is 37.3 Å². The van der Waals surface area contributed by atoms with E-state index in [1.54, 1.807) is 18.2 Å². The second kappa shape index (κ2) is 8.89. The highest BCUT2D eigenvalue weighted by Gasteiger charge is 2.14. The Labute approximate surface area is 158 Å². The quantitative estimate of drug-likeness (QED) is 0.771. The molecule has 0 fully saturated rings. The zero-order chi connectivity index (χ0) is 19.1. The van der Waals surface area contributed by atoms with Gasteiger partial charge in [0, 0.05) is 17.3 Å². The van der Waals surface area contributed by atoms with Crippen molar-refractivity contribution in [3.8, 4) is 11.5 Å². The van der Waals surface area contributed by atoms with Gasteiger partial charge in [-0.15, -0.1) is 0 Å². The molecule has 0 aromatic heterocycles. The van der Waals surface area contributed by atoms with Crippen molar-refractivity contribution in [3.05, 3.63) is 59.7 Å². The fourth-order valence-electron chi connectivity index (χ4n) is 2.68. The molecule has 0 saturated heterocycles. The maximum atomic E-state index is 12.3. The van der Waals surface area contributed by atoms with Crippen LogP contribution in [0.2, 0.25) is 0 Å². The largest absolute Gasteiger partial charge is 0.486 e. The highest BCUT2D eigenvalue weighted by Crippen LogP contribution is 2.32. The predicted molar refractivity (Wildman–Crippen MR) is 104 cm³/mol. The SMILES string of the molecule is CC/C(=C\c1ccccc1)C(=O)NCC(=O)Nc1ccc2c(c1)OCCO2. The lowest BCUT2D eigenvalue weighted by atomic mass is 10.1. The first-order chi connectivity index (χ1) is 13.2. The Bertz CT molecular complexity index is 847. The standard InChI is InChI=1S/C21H22N2O4/c1-2-16(12-15-6-4-3-5-7-15)21(25)22-14-20(24)23-17-8-9-18-19(13-17)27-11-10-26-18/h3-9,12-13H,2,10-11,14H2,1H3,(H,22,25)(H,23,24)/b16-12+. The molecule has 0 aliphatic carbocycles. The Balaban J connectivity index is 1.55. The Hall–Kier alpha value is -3.28. The van der Waals surface area contributed by atoms with E-state index >= 15 is 0 Å². The summed E-state index contributed by atoms with van der Waals surface area (Å²) in [4.78, 5) is 24.5. The van der Waals surface area contributed by atoms with Gasteiger partial charge in [0.1, 0.15) is 13.2 Å². The Kier molecular flexibility index (Phi) is 6.10. The van der Waals surface area contributed by atoms with Crippen LogP contribution in [0.15, 0.2) is 54.1 Å². The van der Waals surface area contributed by atoms with Gasteiger partial charge in [0.15, 0.2) is 11.5 Å². The van der Waals surface area contributed by atoms with E-state index in [4.69, 9.17) is 9.47 Å². The van der Waals surface area contributed by atoms with Gasteiger partial charge in [-0.2, -0.15) is 0 Å². The highest BCUT2D eigenvalue weighted by atomic mass is 16.6. The van der Waals surface area contributed by atoms with E-state index in [0.29, 0.717) is 42.4 Å². The summed E-state index contributed by atoms with van der Waals surface area (Å²) < 4.78 is 10.9. The summed E-state index contributed by atoms with van der Waals surface area (Å²) in [5.74, 6) is 0.696. The number of benzene rings is 2. The summed E-state index contributed by atoms with van der Waals surface area (Å²) >= 11 is 0. The molecule has 2 N–H and O–H groups in total. The van der Waals surface area contributed by atoms with Crippen LogP contribution in [-0.4, -0.2) is 31.6 Å². The van der Waals surface area contributed by atoms with Gasteiger partial charge in [0.25, 0.3) is 0 Å². The van der Waals surface area contributed by atoms with E-state index in [1.165, 1.54) is 0 Å². The molecule has 0 radical (unpaired) electrons. The van der Waals surface area contributed by atoms with Gasteiger partial charge < -0.3 is 20.1 Å². The number of rotatable bonds is 6. The lowest BCUT2D eigenvalue weighted by Crippen LogP contribution is -2.33. The molecule has 0 saturated carbocycles. The van der Waals surface area contributed by atoms with Crippen molar-refractivity contribution in [3.63, 3.8) is 0 Å². The van der Waals surface area contributed by atoms with Gasteiger partial charge in [0.05, 0.1) is 6.54 Å². The summed E-state index contributed by atoms with van der Waals surface area (Å²) in [5.41, 5.74) is 2.16. The molecule has 1 heterocycles. The summed E-state index contributed by atoms with van der Waals surface area (Å²) in [7, 11) is 0. The van der Waals surface area contributed by atoms with Crippen molar-refractivity contribution in [2.45, 2.75) is 13.3 Å². The number of anilines is 1. The molecule has 2 aromatic rings. The zero-order valence-corrected chi connectivity index (χ0v) is 15.2. The molecule has 2 amide bonds. The van der Waals surface area contributed by atoms with Crippen LogP contribution in [0.5, 0.6) is 11.5 Å². The second-order valence-electron chi connectivity index (χ2n) is 6.02. The number of carbonyl (C=O) groups is 2. The fourth-order valence-corrected chi connectivity index (χ4v) is 2.68. The summed E-state index contributed by atoms with van der Waals surface area (Å²) in [5, 5.41) is 5.41. The highest BCUT2D eigenvalue weighted by molar-refractivity contribution is 6.01. The van der Waals surface area contributed by atoms with Crippen LogP contribution in [0, 0.1) is 0 Å². The maximum absolute atomic E-state index is 12.3. The van der Waals surface area contributed by atoms with Gasteiger partial charge in [0.2, 0.25) is 11.8 Å². The van der Waals surface area contributed by atoms with E-state index < -0.39 is 0 Å². The normalized spacial score (nSPS) is 13.0. The average Bonchev–Trinajstić information content (AvgIpc) is 2.71. The molecule has 1 aliphatic heterocycles. The van der Waals surface area contributed by atoms with Crippen LogP contribution in [-0.2, 0) is 9.59 Å². The van der Waals surface area contributed by atoms with E-state index in [2.05, 4.69) is 10.6 Å². The summed E-state index contributed by atoms with van der Waals surface area (Å²) in [6, 6.07) is 14.8. The molecule has 0 spiro atoms. The van der Waals surface area contributed by atoms with Crippen LogP contribution >= 0.6 is 0 Å². The molecule has 2 aromatic carbocycles. The van der Waals surface area contributed by atoms with Crippen LogP contribution in [0.25, 0.3) is 6.08 Å². The van der Waals surface area contributed by atoms with E-state index in [9.17, 15) is 9.59 Å². The first kappa shape index (κ1) is 18.5. The number of hydrogen-bond donors (Lipinski definition) is 2. The van der Waals surface area contributed by atoms with Crippen molar-refractivity contribution >= 4 is 23.6 Å². The van der Waals surface area contributed by atoms with E-state index in [1.807, 2.05) is 43.3 Å². The minimum Gasteiger partial charge on any atom is -0.486 e. The molecule has 6 heteroatoms. The first-order valence-corrected chi connectivity index (χ1v) is 8.89. The molecule has 3 rings (SSSR count). The molecule has 0 bridgehead atoms. The molecule has 6 nitrogen and oxygen atoms in total. The maximum Gasteiger partial charge on any atom is 0.247 e. The molecule has 140 valence electrons. The molecule has 0 unspecified atom stereocenters. The van der Waals surface area contributed by atoms with Crippen molar-refractivity contribution in [2.24, 2.45) is 0 Å². The lowest BCUT2D eigenvalue weighted by molar-refractivity contribution is -0.121. The van der Waals surface area contributed by atoms with Gasteiger partial charge in [-0.25, -0.2) is 0 Å². The summed E-state index contributed by atoms with van der Waals surface area (Å²) in [6.45, 7) is 2.79. The van der Waals surface area contributed by atoms with Crippen LogP contribution in [0.4, 0.5) is 5.69 Å². The minimum atomic E-state index is -0.310. The van der Waals surface area contributed by atoms with Crippen LogP contribution in [0.3, 0.4) is 0 Å². The summed E-state index contributed by atoms with van der Waals surface area (Å²) in [6.07, 6.45) is 2.40. The smallest absolute Gasteiger partial charge is 0.247 e. The van der Waals surface area contributed by atoms with Crippen molar-refractivity contribution in [2.75, 3.05) is 25.1 Å². The number of fused-ring (bicyclic) bond motifs is 1. The van der Waals surface area contributed by atoms with Gasteiger partial charge >= 0.3 is 0 Å². The molecule has 0 atom stereocenters. The molecular formula is C21H22N2O4. The lowest BCUT2D eigenvalue weighted by Gasteiger charge is -2.19. The zero-order valence-electron chi connectivity index (χ0n) is 15.2. The predicted octanol–water partition coefficient (Wildman–Crippen LogP) is 3.01. The Morgan fingerprint density at radius 3 is 2.52 bits per heavy atom. The molecular weight excluding hydrogens is 344 g/mol. The minimum absolute atomic E-state index is 0.112. The van der Waals surface area contributed by atoms with Crippen molar-refractivity contribution in [1.29, 1.82) is 0 Å². The Morgan fingerprint density at radius 2 is 1.78 bits per heavy atom. The number of hydrogen-bond acceptors (Lipinski definition) is 4. The molecule has 1 aliphatic rings. The monoisotopic (exact) mass is 366 g/mol. The third kappa shape index (κ3) is 5.10. The number of nitrogens with one attached hydrogen (secondary N) is 2. The first-order valence-electron chi connectivity index (χ1n) is 8.89. The topological polar surface area (TPSA) is 76.7 Å². The third-order valence-electron chi connectivity index (χ3n) is 4.05. The second-order valence-corrected chi connectivity index (χ2v) is 6.02. The number of carbonyl (C=O) groups excluding carboxylic acids is 2.